The molecule has 7 nitrogen and oxygen atoms in total. The summed E-state index contributed by atoms with van der Waals surface area (Å²) >= 11 is 0. The van der Waals surface area contributed by atoms with Crippen LogP contribution in [0.15, 0.2) is 36.5 Å². The quantitative estimate of drug-likeness (QED) is 0.719. The number of hydrogen-bond donors (Lipinski definition) is 0. The van der Waals surface area contributed by atoms with Crippen molar-refractivity contribution in [3.05, 3.63) is 53.3 Å². The van der Waals surface area contributed by atoms with Gasteiger partial charge >= 0.3 is 12.3 Å². The molecule has 3 rings (SSSR count). The van der Waals surface area contributed by atoms with Gasteiger partial charge in [-0.2, -0.15) is 23.5 Å². The summed E-state index contributed by atoms with van der Waals surface area (Å²) in [6.07, 6.45) is -3.89. The van der Waals surface area contributed by atoms with Crippen LogP contribution in [0, 0.1) is 11.3 Å². The largest absolute Gasteiger partial charge is 0.444 e. The maximum atomic E-state index is 13.0. The molecule has 0 spiro atoms. The topological polar surface area (TPSA) is 80.4 Å². The van der Waals surface area contributed by atoms with Crippen LogP contribution in [0.4, 0.5) is 18.0 Å². The molecule has 166 valence electrons. The molecule has 1 aromatic carbocycles. The zero-order valence-corrected chi connectivity index (χ0v) is 17.4. The van der Waals surface area contributed by atoms with Gasteiger partial charge in [-0.25, -0.2) is 4.79 Å². The smallest absolute Gasteiger partial charge is 0.416 e. The Morgan fingerprint density at radius 3 is 2.61 bits per heavy atom. The highest BCUT2D eigenvalue weighted by atomic mass is 19.4. The van der Waals surface area contributed by atoms with Gasteiger partial charge in [0.15, 0.2) is 5.69 Å². The van der Waals surface area contributed by atoms with E-state index in [2.05, 4.69) is 5.10 Å². The number of amides is 1. The second-order valence-corrected chi connectivity index (χ2v) is 8.29. The Balaban J connectivity index is 1.76. The van der Waals surface area contributed by atoms with Crippen LogP contribution in [-0.4, -0.2) is 45.6 Å². The molecule has 1 aliphatic heterocycles. The molecule has 1 saturated heterocycles. The lowest BCUT2D eigenvalue weighted by molar-refractivity contribution is -0.137. The van der Waals surface area contributed by atoms with Gasteiger partial charge in [-0.15, -0.1) is 0 Å². The molecule has 1 fully saturated rings. The standard InChI is InChI=1S/C21H23F3N4O3/c1-20(2,3)31-19(29)27-11-17(28-8-7-16(10-25)26-28)18(12-27)30-13-14-5-4-6-15(9-14)21(22,23)24/h4-9,17-18H,11-13H2,1-3H3. The fraction of sp³-hybridized carbons (Fsp3) is 0.476. The van der Waals surface area contributed by atoms with Crippen molar-refractivity contribution in [2.45, 2.75) is 51.3 Å². The molecule has 0 saturated carbocycles. The highest BCUT2D eigenvalue weighted by molar-refractivity contribution is 5.68. The first kappa shape index (κ1) is 22.6. The minimum absolute atomic E-state index is 0.0698. The normalized spacial score (nSPS) is 19.3. The maximum absolute atomic E-state index is 13.0. The minimum Gasteiger partial charge on any atom is -0.444 e. The van der Waals surface area contributed by atoms with E-state index >= 15 is 0 Å². The summed E-state index contributed by atoms with van der Waals surface area (Å²) in [5.74, 6) is 0. The lowest BCUT2D eigenvalue weighted by Gasteiger charge is -2.24. The van der Waals surface area contributed by atoms with Crippen molar-refractivity contribution in [2.24, 2.45) is 0 Å². The summed E-state index contributed by atoms with van der Waals surface area (Å²) in [6.45, 7) is 5.61. The van der Waals surface area contributed by atoms with Crippen LogP contribution in [0.1, 0.15) is 43.6 Å². The van der Waals surface area contributed by atoms with Gasteiger partial charge < -0.3 is 14.4 Å². The zero-order valence-electron chi connectivity index (χ0n) is 17.4. The van der Waals surface area contributed by atoms with Gasteiger partial charge in [0.2, 0.25) is 0 Å². The van der Waals surface area contributed by atoms with Crippen molar-refractivity contribution in [3.63, 3.8) is 0 Å². The molecular formula is C21H23F3N4O3. The average molecular weight is 436 g/mol. The minimum atomic E-state index is -4.44. The van der Waals surface area contributed by atoms with Crippen LogP contribution in [0.5, 0.6) is 0 Å². The lowest BCUT2D eigenvalue weighted by atomic mass is 10.1. The summed E-state index contributed by atoms with van der Waals surface area (Å²) in [6, 6.07) is 7.98. The van der Waals surface area contributed by atoms with Gasteiger partial charge in [-0.3, -0.25) is 4.68 Å². The molecule has 2 unspecified atom stereocenters. The predicted molar refractivity (Wildman–Crippen MR) is 104 cm³/mol. The average Bonchev–Trinajstić information content (AvgIpc) is 3.31. The van der Waals surface area contributed by atoms with Gasteiger partial charge in [-0.05, 0) is 44.5 Å². The second kappa shape index (κ2) is 8.59. The Kier molecular flexibility index (Phi) is 6.27. The number of nitrogens with zero attached hydrogens (tertiary/aromatic N) is 4. The molecule has 0 aliphatic carbocycles. The number of carbonyl (C=O) groups is 1. The first-order chi connectivity index (χ1) is 14.5. The van der Waals surface area contributed by atoms with E-state index in [4.69, 9.17) is 14.7 Å². The van der Waals surface area contributed by atoms with Crippen molar-refractivity contribution in [3.8, 4) is 6.07 Å². The fourth-order valence-corrected chi connectivity index (χ4v) is 3.27. The van der Waals surface area contributed by atoms with Crippen molar-refractivity contribution in [1.82, 2.24) is 14.7 Å². The van der Waals surface area contributed by atoms with Crippen LogP contribution in [-0.2, 0) is 22.3 Å². The first-order valence-electron chi connectivity index (χ1n) is 9.67. The molecule has 2 heterocycles. The summed E-state index contributed by atoms with van der Waals surface area (Å²) in [4.78, 5) is 14.0. The van der Waals surface area contributed by atoms with Gasteiger partial charge in [0.05, 0.1) is 30.9 Å². The highest BCUT2D eigenvalue weighted by Gasteiger charge is 2.39. The number of halogens is 3. The van der Waals surface area contributed by atoms with E-state index < -0.39 is 35.6 Å². The van der Waals surface area contributed by atoms with E-state index in [1.165, 1.54) is 11.0 Å². The van der Waals surface area contributed by atoms with Gasteiger partial charge in [0.25, 0.3) is 0 Å². The first-order valence-corrected chi connectivity index (χ1v) is 9.67. The Bertz CT molecular complexity index is 975. The molecule has 0 radical (unpaired) electrons. The summed E-state index contributed by atoms with van der Waals surface area (Å²) < 4.78 is 51.8. The second-order valence-electron chi connectivity index (χ2n) is 8.29. The van der Waals surface area contributed by atoms with Crippen molar-refractivity contribution >= 4 is 6.09 Å². The SMILES string of the molecule is CC(C)(C)OC(=O)N1CC(OCc2cccc(C(F)(F)F)c2)C(n2ccc(C#N)n2)C1. The number of nitriles is 1. The van der Waals surface area contributed by atoms with E-state index in [0.29, 0.717) is 5.56 Å². The van der Waals surface area contributed by atoms with Crippen LogP contribution in [0.2, 0.25) is 0 Å². The molecule has 0 N–H and O–H groups in total. The van der Waals surface area contributed by atoms with Crippen LogP contribution < -0.4 is 0 Å². The van der Waals surface area contributed by atoms with Crippen molar-refractivity contribution in [1.29, 1.82) is 5.26 Å². The van der Waals surface area contributed by atoms with E-state index in [-0.39, 0.29) is 25.4 Å². The maximum Gasteiger partial charge on any atom is 0.416 e. The molecule has 31 heavy (non-hydrogen) atoms. The van der Waals surface area contributed by atoms with E-state index in [1.807, 2.05) is 6.07 Å². The van der Waals surface area contributed by atoms with Crippen molar-refractivity contribution in [2.75, 3.05) is 13.1 Å². The number of carbonyl (C=O) groups excluding carboxylic acids is 1. The van der Waals surface area contributed by atoms with E-state index in [1.54, 1.807) is 43.8 Å². The van der Waals surface area contributed by atoms with E-state index in [9.17, 15) is 18.0 Å². The Hall–Kier alpha value is -3.06. The molecule has 10 heteroatoms. The lowest BCUT2D eigenvalue weighted by Crippen LogP contribution is -2.36. The van der Waals surface area contributed by atoms with Crippen LogP contribution in [0.25, 0.3) is 0 Å². The molecule has 0 bridgehead atoms. The van der Waals surface area contributed by atoms with Gasteiger partial charge in [-0.1, -0.05) is 12.1 Å². The highest BCUT2D eigenvalue weighted by Crippen LogP contribution is 2.31. The Labute approximate surface area is 178 Å². The summed E-state index contributed by atoms with van der Waals surface area (Å²) in [5.41, 5.74) is -0.851. The molecular weight excluding hydrogens is 413 g/mol. The number of rotatable bonds is 4. The monoisotopic (exact) mass is 436 g/mol. The number of hydrogen-bond acceptors (Lipinski definition) is 5. The fourth-order valence-electron chi connectivity index (χ4n) is 3.27. The predicted octanol–water partition coefficient (Wildman–Crippen LogP) is 4.15. The van der Waals surface area contributed by atoms with E-state index in [0.717, 1.165) is 12.1 Å². The number of benzene rings is 1. The van der Waals surface area contributed by atoms with Crippen molar-refractivity contribution < 1.29 is 27.4 Å². The summed E-state index contributed by atoms with van der Waals surface area (Å²) in [5, 5.41) is 13.2. The third kappa shape index (κ3) is 5.76. The van der Waals surface area contributed by atoms with Gasteiger partial charge in [0.1, 0.15) is 11.7 Å². The number of ether oxygens (including phenoxy) is 2. The van der Waals surface area contributed by atoms with Crippen LogP contribution >= 0.6 is 0 Å². The third-order valence-electron chi connectivity index (χ3n) is 4.67. The summed E-state index contributed by atoms with van der Waals surface area (Å²) in [7, 11) is 0. The molecule has 2 aromatic rings. The number of alkyl halides is 3. The molecule has 2 atom stereocenters. The zero-order chi connectivity index (χ0) is 22.8. The molecule has 1 aliphatic rings. The molecule has 1 aromatic heterocycles. The number of aromatic nitrogens is 2. The molecule has 1 amide bonds. The third-order valence-corrected chi connectivity index (χ3v) is 4.67. The number of likely N-dealkylation sites (tertiary alicyclic amines) is 1. The van der Waals surface area contributed by atoms with Crippen LogP contribution in [0.3, 0.4) is 0 Å². The Morgan fingerprint density at radius 2 is 2.00 bits per heavy atom. The van der Waals surface area contributed by atoms with Gasteiger partial charge in [0, 0.05) is 12.7 Å². The Morgan fingerprint density at radius 1 is 1.26 bits per heavy atom.